The Hall–Kier alpha value is -1.93. The van der Waals surface area contributed by atoms with Gasteiger partial charge in [-0.3, -0.25) is 0 Å². The summed E-state index contributed by atoms with van der Waals surface area (Å²) in [6.45, 7) is 0. The lowest BCUT2D eigenvalue weighted by Crippen LogP contribution is -2.27. The first-order valence-corrected chi connectivity index (χ1v) is 4.74. The van der Waals surface area contributed by atoms with Gasteiger partial charge in [-0.15, -0.1) is 0 Å². The van der Waals surface area contributed by atoms with Gasteiger partial charge in [-0.1, -0.05) is 11.6 Å². The third-order valence-electron chi connectivity index (χ3n) is 1.84. The summed E-state index contributed by atoms with van der Waals surface area (Å²) in [5, 5.41) is 20.7. The van der Waals surface area contributed by atoms with E-state index in [0.29, 0.717) is 5.69 Å². The van der Waals surface area contributed by atoms with Crippen LogP contribution in [0.1, 0.15) is 5.56 Å². The first kappa shape index (κ1) is 12.1. The molecule has 0 unspecified atom stereocenters. The van der Waals surface area contributed by atoms with Crippen LogP contribution >= 0.6 is 11.6 Å². The van der Waals surface area contributed by atoms with Gasteiger partial charge in [0.15, 0.2) is 5.75 Å². The fourth-order valence-electron chi connectivity index (χ4n) is 0.992. The average molecular weight is 240 g/mol. The maximum atomic E-state index is 11.3. The molecule has 6 heteroatoms. The predicted molar refractivity (Wildman–Crippen MR) is 60.5 cm³/mol. The van der Waals surface area contributed by atoms with E-state index in [1.54, 1.807) is 20.2 Å². The first-order valence-electron chi connectivity index (χ1n) is 4.36. The number of anilines is 1. The molecule has 0 heterocycles. The van der Waals surface area contributed by atoms with Crippen molar-refractivity contribution in [2.75, 3.05) is 19.4 Å². The van der Waals surface area contributed by atoms with E-state index >= 15 is 0 Å². The number of aromatic hydroxyl groups is 1. The smallest absolute Gasteiger partial charge is 0.321 e. The van der Waals surface area contributed by atoms with Crippen LogP contribution in [-0.2, 0) is 0 Å². The summed E-state index contributed by atoms with van der Waals surface area (Å²) in [7, 11) is 3.17. The summed E-state index contributed by atoms with van der Waals surface area (Å²) < 4.78 is 0. The van der Waals surface area contributed by atoms with E-state index in [9.17, 15) is 9.90 Å². The van der Waals surface area contributed by atoms with E-state index in [1.165, 1.54) is 17.0 Å². The van der Waals surface area contributed by atoms with E-state index in [4.69, 9.17) is 16.9 Å². The number of hydrogen-bond acceptors (Lipinski definition) is 3. The zero-order valence-electron chi connectivity index (χ0n) is 8.78. The van der Waals surface area contributed by atoms with Crippen molar-refractivity contribution < 1.29 is 9.90 Å². The lowest BCUT2D eigenvalue weighted by atomic mass is 10.2. The van der Waals surface area contributed by atoms with E-state index in [1.807, 2.05) is 0 Å². The normalized spacial score (nSPS) is 9.38. The van der Waals surface area contributed by atoms with Gasteiger partial charge in [-0.25, -0.2) is 4.79 Å². The summed E-state index contributed by atoms with van der Waals surface area (Å²) in [4.78, 5) is 12.7. The highest BCUT2D eigenvalue weighted by molar-refractivity contribution is 6.32. The Bertz CT molecular complexity index is 466. The monoisotopic (exact) mass is 239 g/mol. The van der Waals surface area contributed by atoms with Crippen molar-refractivity contribution in [1.29, 1.82) is 5.26 Å². The summed E-state index contributed by atoms with van der Waals surface area (Å²) in [5.41, 5.74) is 0.375. The maximum Gasteiger partial charge on any atom is 0.321 e. The van der Waals surface area contributed by atoms with E-state index in [0.717, 1.165) is 0 Å². The SMILES string of the molecule is CN(C)C(=O)Nc1cc(Cl)c(O)c(C#N)c1. The molecule has 0 saturated carbocycles. The van der Waals surface area contributed by atoms with Crippen molar-refractivity contribution in [3.05, 3.63) is 22.7 Å². The lowest BCUT2D eigenvalue weighted by Gasteiger charge is -2.12. The minimum atomic E-state index is -0.342. The number of carbonyl (C=O) groups is 1. The van der Waals surface area contributed by atoms with Gasteiger partial charge in [0.25, 0.3) is 0 Å². The van der Waals surface area contributed by atoms with Crippen molar-refractivity contribution in [3.63, 3.8) is 0 Å². The molecule has 1 aromatic rings. The largest absolute Gasteiger partial charge is 0.505 e. The van der Waals surface area contributed by atoms with Gasteiger partial charge >= 0.3 is 6.03 Å². The number of amides is 2. The molecule has 0 aliphatic carbocycles. The molecular formula is C10H10ClN3O2. The second-order valence-electron chi connectivity index (χ2n) is 3.29. The standard InChI is InChI=1S/C10H10ClN3O2/c1-14(2)10(16)13-7-3-6(5-12)9(15)8(11)4-7/h3-4,15H,1-2H3,(H,13,16). The summed E-state index contributed by atoms with van der Waals surface area (Å²) >= 11 is 5.69. The van der Waals surface area contributed by atoms with Gasteiger partial charge in [0.05, 0.1) is 10.6 Å². The Morgan fingerprint density at radius 1 is 1.56 bits per heavy atom. The van der Waals surface area contributed by atoms with Gasteiger partial charge in [0.2, 0.25) is 0 Å². The van der Waals surface area contributed by atoms with Gasteiger partial charge < -0.3 is 15.3 Å². The molecule has 2 N–H and O–H groups in total. The van der Waals surface area contributed by atoms with Crippen molar-refractivity contribution in [2.24, 2.45) is 0 Å². The van der Waals surface area contributed by atoms with Crippen LogP contribution in [-0.4, -0.2) is 30.1 Å². The van der Waals surface area contributed by atoms with Crippen LogP contribution in [0.3, 0.4) is 0 Å². The van der Waals surface area contributed by atoms with Crippen LogP contribution in [0.4, 0.5) is 10.5 Å². The molecule has 1 aromatic carbocycles. The minimum Gasteiger partial charge on any atom is -0.505 e. The van der Waals surface area contributed by atoms with Crippen molar-refractivity contribution in [1.82, 2.24) is 4.90 Å². The Kier molecular flexibility index (Phi) is 3.59. The topological polar surface area (TPSA) is 76.4 Å². The quantitative estimate of drug-likeness (QED) is 0.736. The Labute approximate surface area is 97.9 Å². The number of nitrogens with zero attached hydrogens (tertiary/aromatic N) is 2. The summed E-state index contributed by atoms with van der Waals surface area (Å²) in [5.74, 6) is -0.285. The van der Waals surface area contributed by atoms with Crippen LogP contribution in [0.15, 0.2) is 12.1 Å². The first-order chi connectivity index (χ1) is 7.45. The number of nitrogens with one attached hydrogen (secondary N) is 1. The highest BCUT2D eigenvalue weighted by Gasteiger charge is 2.10. The Morgan fingerprint density at radius 3 is 2.69 bits per heavy atom. The van der Waals surface area contributed by atoms with E-state index in [-0.39, 0.29) is 22.4 Å². The minimum absolute atomic E-state index is 0.0153. The number of benzene rings is 1. The Morgan fingerprint density at radius 2 is 2.19 bits per heavy atom. The third-order valence-corrected chi connectivity index (χ3v) is 2.13. The number of halogens is 1. The second-order valence-corrected chi connectivity index (χ2v) is 3.70. The molecule has 0 aliphatic heterocycles. The molecular weight excluding hydrogens is 230 g/mol. The molecule has 0 spiro atoms. The van der Waals surface area contributed by atoms with Crippen LogP contribution in [0.5, 0.6) is 5.75 Å². The van der Waals surface area contributed by atoms with Crippen molar-refractivity contribution in [2.45, 2.75) is 0 Å². The van der Waals surface area contributed by atoms with Gasteiger partial charge in [0.1, 0.15) is 6.07 Å². The second kappa shape index (κ2) is 4.73. The van der Waals surface area contributed by atoms with Gasteiger partial charge in [0, 0.05) is 19.8 Å². The number of phenols is 1. The highest BCUT2D eigenvalue weighted by atomic mass is 35.5. The van der Waals surface area contributed by atoms with Crippen LogP contribution < -0.4 is 5.32 Å². The summed E-state index contributed by atoms with van der Waals surface area (Å²) in [6.07, 6.45) is 0. The third kappa shape index (κ3) is 2.55. The fraction of sp³-hybridized carbons (Fsp3) is 0.200. The molecule has 0 atom stereocenters. The van der Waals surface area contributed by atoms with Crippen molar-refractivity contribution in [3.8, 4) is 11.8 Å². The molecule has 5 nitrogen and oxygen atoms in total. The molecule has 84 valence electrons. The Balaban J connectivity index is 3.04. The molecule has 1 rings (SSSR count). The number of phenolic OH excluding ortho intramolecular Hbond substituents is 1. The number of carbonyl (C=O) groups excluding carboxylic acids is 1. The molecule has 0 bridgehead atoms. The molecule has 2 amide bonds. The van der Waals surface area contributed by atoms with Gasteiger partial charge in [-0.2, -0.15) is 5.26 Å². The van der Waals surface area contributed by atoms with Crippen molar-refractivity contribution >= 4 is 23.3 Å². The van der Waals surface area contributed by atoms with Crippen LogP contribution in [0.2, 0.25) is 5.02 Å². The van der Waals surface area contributed by atoms with E-state index < -0.39 is 0 Å². The number of nitriles is 1. The average Bonchev–Trinajstić information content (AvgIpc) is 2.22. The molecule has 0 saturated heterocycles. The number of rotatable bonds is 1. The zero-order valence-corrected chi connectivity index (χ0v) is 9.54. The summed E-state index contributed by atoms with van der Waals surface area (Å²) in [6, 6.07) is 4.16. The van der Waals surface area contributed by atoms with Crippen LogP contribution in [0, 0.1) is 11.3 Å². The fourth-order valence-corrected chi connectivity index (χ4v) is 1.21. The number of hydrogen-bond donors (Lipinski definition) is 2. The molecule has 0 fully saturated rings. The molecule has 0 aromatic heterocycles. The van der Waals surface area contributed by atoms with Crippen LogP contribution in [0.25, 0.3) is 0 Å². The number of urea groups is 1. The van der Waals surface area contributed by atoms with E-state index in [2.05, 4.69) is 5.32 Å². The highest BCUT2D eigenvalue weighted by Crippen LogP contribution is 2.30. The lowest BCUT2D eigenvalue weighted by molar-refractivity contribution is 0.230. The maximum absolute atomic E-state index is 11.3. The molecule has 0 aliphatic rings. The predicted octanol–water partition coefficient (Wildman–Crippen LogP) is 2.01. The molecule has 16 heavy (non-hydrogen) atoms. The molecule has 0 radical (unpaired) electrons. The van der Waals surface area contributed by atoms with Gasteiger partial charge in [-0.05, 0) is 12.1 Å². The zero-order chi connectivity index (χ0) is 12.3.